The van der Waals surface area contributed by atoms with Crippen molar-refractivity contribution in [1.29, 1.82) is 0 Å². The van der Waals surface area contributed by atoms with Crippen molar-refractivity contribution in [2.24, 2.45) is 0 Å². The molecule has 3 N–H and O–H groups in total. The quantitative estimate of drug-likeness (QED) is 0.450. The summed E-state index contributed by atoms with van der Waals surface area (Å²) in [5.74, 6) is -3.36. The molecule has 1 aromatic carbocycles. The zero-order valence-corrected chi connectivity index (χ0v) is 16.6. The van der Waals surface area contributed by atoms with Gasteiger partial charge in [0.1, 0.15) is 5.82 Å². The maximum Gasteiger partial charge on any atom is 0.416 e. The smallest absolute Gasteiger partial charge is 0.416 e. The minimum atomic E-state index is -4.52. The Labute approximate surface area is 172 Å². The number of alkyl halides is 3. The third-order valence-electron chi connectivity index (χ3n) is 4.46. The Morgan fingerprint density at radius 3 is 2.20 bits per heavy atom. The van der Waals surface area contributed by atoms with E-state index in [9.17, 15) is 27.2 Å². The maximum absolute atomic E-state index is 13.2. The molecule has 168 valence electrons. The van der Waals surface area contributed by atoms with Gasteiger partial charge in [-0.05, 0) is 56.6 Å². The van der Waals surface area contributed by atoms with E-state index < -0.39 is 29.5 Å². The molecule has 0 radical (unpaired) electrons. The van der Waals surface area contributed by atoms with Crippen LogP contribution in [-0.2, 0) is 22.3 Å². The molecule has 1 fully saturated rings. The molecular formula is C20H26F4N2O4. The van der Waals surface area contributed by atoms with Crippen LogP contribution < -0.4 is 5.32 Å². The number of piperidine rings is 1. The summed E-state index contributed by atoms with van der Waals surface area (Å²) in [6, 6.07) is 3.26. The fourth-order valence-electron chi connectivity index (χ4n) is 3.16. The lowest BCUT2D eigenvalue weighted by Gasteiger charge is -2.35. The van der Waals surface area contributed by atoms with Gasteiger partial charge in [0.15, 0.2) is 0 Å². The van der Waals surface area contributed by atoms with Gasteiger partial charge in [-0.1, -0.05) is 13.0 Å². The van der Waals surface area contributed by atoms with Crippen LogP contribution >= 0.6 is 0 Å². The zero-order valence-electron chi connectivity index (χ0n) is 16.6. The monoisotopic (exact) mass is 434 g/mol. The predicted molar refractivity (Wildman–Crippen MR) is 102 cm³/mol. The van der Waals surface area contributed by atoms with Crippen LogP contribution in [0.1, 0.15) is 37.3 Å². The fraction of sp³-hybridized carbons (Fsp3) is 0.500. The highest BCUT2D eigenvalue weighted by Crippen LogP contribution is 2.33. The van der Waals surface area contributed by atoms with Crippen molar-refractivity contribution in [3.05, 3.63) is 47.3 Å². The number of hydrogen-bond acceptors (Lipinski definition) is 4. The molecule has 0 spiro atoms. The summed E-state index contributed by atoms with van der Waals surface area (Å²) in [4.78, 5) is 21.2. The Kier molecular flexibility index (Phi) is 10.5. The average Bonchev–Trinajstić information content (AvgIpc) is 2.67. The maximum atomic E-state index is 13.2. The summed E-state index contributed by atoms with van der Waals surface area (Å²) in [7, 11) is 0. The van der Waals surface area contributed by atoms with E-state index in [4.69, 9.17) is 10.2 Å². The summed E-state index contributed by atoms with van der Waals surface area (Å²) in [6.45, 7) is 4.76. The van der Waals surface area contributed by atoms with E-state index in [0.717, 1.165) is 45.0 Å². The fourth-order valence-corrected chi connectivity index (χ4v) is 3.16. The van der Waals surface area contributed by atoms with Crippen LogP contribution in [0.3, 0.4) is 0 Å². The van der Waals surface area contributed by atoms with Gasteiger partial charge < -0.3 is 15.5 Å². The molecule has 0 aliphatic carbocycles. The van der Waals surface area contributed by atoms with E-state index >= 15 is 0 Å². The van der Waals surface area contributed by atoms with Crippen molar-refractivity contribution >= 4 is 11.9 Å². The van der Waals surface area contributed by atoms with Crippen LogP contribution in [-0.4, -0.2) is 52.7 Å². The molecule has 0 atom stereocenters. The molecule has 30 heavy (non-hydrogen) atoms. The van der Waals surface area contributed by atoms with Crippen LogP contribution in [0.25, 0.3) is 0 Å². The molecule has 1 aliphatic heterocycles. The summed E-state index contributed by atoms with van der Waals surface area (Å²) in [6.07, 6.45) is -0.661. The number of nitrogens with one attached hydrogen (secondary N) is 1. The number of carbonyl (C=O) groups is 2. The number of carboxylic acids is 2. The van der Waals surface area contributed by atoms with Crippen LogP contribution in [0, 0.1) is 5.82 Å². The van der Waals surface area contributed by atoms with Crippen molar-refractivity contribution in [3.63, 3.8) is 0 Å². The first-order valence-corrected chi connectivity index (χ1v) is 9.49. The molecule has 1 aliphatic rings. The van der Waals surface area contributed by atoms with E-state index in [0.29, 0.717) is 18.2 Å². The van der Waals surface area contributed by atoms with Crippen LogP contribution in [0.2, 0.25) is 0 Å². The van der Waals surface area contributed by atoms with Gasteiger partial charge in [0.05, 0.1) is 5.56 Å². The van der Waals surface area contributed by atoms with Crippen molar-refractivity contribution in [2.75, 3.05) is 19.6 Å². The summed E-state index contributed by atoms with van der Waals surface area (Å²) < 4.78 is 52.5. The SMILES string of the molecule is CCCN(Cc1ccc(F)cc1C(F)(F)F)C1CCNCC1.O=C(O)/C=C/C(=O)O. The molecule has 6 nitrogen and oxygen atoms in total. The second-order valence-electron chi connectivity index (χ2n) is 6.76. The van der Waals surface area contributed by atoms with E-state index in [1.807, 2.05) is 6.92 Å². The highest BCUT2D eigenvalue weighted by atomic mass is 19.4. The first-order valence-electron chi connectivity index (χ1n) is 9.49. The van der Waals surface area contributed by atoms with Gasteiger partial charge in [0, 0.05) is 24.7 Å². The highest BCUT2D eigenvalue weighted by molar-refractivity contribution is 5.89. The topological polar surface area (TPSA) is 89.9 Å². The molecule has 0 bridgehead atoms. The molecule has 0 unspecified atom stereocenters. The molecular weight excluding hydrogens is 408 g/mol. The number of nitrogens with zero attached hydrogens (tertiary/aromatic N) is 1. The number of halogens is 4. The minimum Gasteiger partial charge on any atom is -0.478 e. The lowest BCUT2D eigenvalue weighted by atomic mass is 10.0. The number of hydrogen-bond donors (Lipinski definition) is 3. The Morgan fingerprint density at radius 1 is 1.17 bits per heavy atom. The van der Waals surface area contributed by atoms with E-state index in [2.05, 4.69) is 10.2 Å². The molecule has 1 aromatic rings. The highest BCUT2D eigenvalue weighted by Gasteiger charge is 2.34. The van der Waals surface area contributed by atoms with Crippen molar-refractivity contribution in [3.8, 4) is 0 Å². The molecule has 0 saturated carbocycles. The van der Waals surface area contributed by atoms with Crippen LogP contribution in [0.5, 0.6) is 0 Å². The van der Waals surface area contributed by atoms with Crippen molar-refractivity contribution in [1.82, 2.24) is 10.2 Å². The lowest BCUT2D eigenvalue weighted by molar-refractivity contribution is -0.138. The number of benzene rings is 1. The first-order chi connectivity index (χ1) is 14.0. The summed E-state index contributed by atoms with van der Waals surface area (Å²) >= 11 is 0. The Morgan fingerprint density at radius 2 is 1.73 bits per heavy atom. The standard InChI is InChI=1S/C16H22F4N2.C4H4O4/c1-2-9-22(14-5-7-21-8-6-14)11-12-3-4-13(17)10-15(12)16(18,19)20;5-3(6)1-2-4(7)8/h3-4,10,14,21H,2,5-9,11H2,1H3;1-2H,(H,5,6)(H,7,8)/b;2-1+. The zero-order chi connectivity index (χ0) is 22.7. The van der Waals surface area contributed by atoms with Gasteiger partial charge >= 0.3 is 18.1 Å². The Bertz CT molecular complexity index is 716. The number of aliphatic carboxylic acids is 2. The van der Waals surface area contributed by atoms with E-state index in [1.54, 1.807) is 0 Å². The van der Waals surface area contributed by atoms with Gasteiger partial charge in [-0.2, -0.15) is 13.2 Å². The normalized spacial score (nSPS) is 15.1. The predicted octanol–water partition coefficient (Wildman–Crippen LogP) is 3.52. The second kappa shape index (κ2) is 12.3. The Hall–Kier alpha value is -2.46. The van der Waals surface area contributed by atoms with Gasteiger partial charge in [0.25, 0.3) is 0 Å². The molecule has 1 heterocycles. The molecule has 2 rings (SSSR count). The summed E-state index contributed by atoms with van der Waals surface area (Å²) in [5, 5.41) is 18.9. The second-order valence-corrected chi connectivity index (χ2v) is 6.76. The van der Waals surface area contributed by atoms with Crippen molar-refractivity contribution < 1.29 is 37.4 Å². The van der Waals surface area contributed by atoms with Gasteiger partial charge in [-0.15, -0.1) is 0 Å². The first kappa shape index (κ1) is 25.6. The minimum absolute atomic E-state index is 0.154. The molecule has 0 aromatic heterocycles. The van der Waals surface area contributed by atoms with Gasteiger partial charge in [0.2, 0.25) is 0 Å². The number of carboxylic acid groups (broad SMARTS) is 2. The van der Waals surface area contributed by atoms with Crippen LogP contribution in [0.4, 0.5) is 17.6 Å². The third-order valence-corrected chi connectivity index (χ3v) is 4.46. The summed E-state index contributed by atoms with van der Waals surface area (Å²) in [5.41, 5.74) is -0.705. The number of rotatable bonds is 7. The lowest BCUT2D eigenvalue weighted by Crippen LogP contribution is -2.43. The average molecular weight is 434 g/mol. The van der Waals surface area contributed by atoms with Gasteiger partial charge in [-0.25, -0.2) is 14.0 Å². The van der Waals surface area contributed by atoms with Crippen molar-refractivity contribution in [2.45, 2.75) is 44.9 Å². The third kappa shape index (κ3) is 9.36. The molecule has 0 amide bonds. The van der Waals surface area contributed by atoms with Crippen LogP contribution in [0.15, 0.2) is 30.4 Å². The van der Waals surface area contributed by atoms with Gasteiger partial charge in [-0.3, -0.25) is 4.90 Å². The Balaban J connectivity index is 0.000000479. The van der Waals surface area contributed by atoms with E-state index in [1.165, 1.54) is 6.07 Å². The molecule has 1 saturated heterocycles. The van der Waals surface area contributed by atoms with E-state index in [-0.39, 0.29) is 18.2 Å². The largest absolute Gasteiger partial charge is 0.478 e. The molecule has 10 heteroatoms.